The number of amides is 1. The van der Waals surface area contributed by atoms with Crippen LogP contribution in [0, 0.1) is 19.8 Å². The predicted octanol–water partition coefficient (Wildman–Crippen LogP) is 2.66. The number of hydrogen-bond donors (Lipinski definition) is 0. The highest BCUT2D eigenvalue weighted by Gasteiger charge is 2.22. The van der Waals surface area contributed by atoms with Gasteiger partial charge in [0.05, 0.1) is 28.0 Å². The molecule has 0 aliphatic carbocycles. The number of rotatable bonds is 3. The predicted molar refractivity (Wildman–Crippen MR) is 94.3 cm³/mol. The van der Waals surface area contributed by atoms with Crippen LogP contribution in [0.15, 0.2) is 18.2 Å². The smallest absolute Gasteiger partial charge is 0.338 e. The number of hydrogen-bond acceptors (Lipinski definition) is 5. The van der Waals surface area contributed by atoms with Gasteiger partial charge in [0, 0.05) is 13.1 Å². The molecule has 3 rings (SSSR count). The lowest BCUT2D eigenvalue weighted by Gasteiger charge is -2.30. The molecule has 2 aromatic rings. The summed E-state index contributed by atoms with van der Waals surface area (Å²) < 4.78 is 5.20. The molecule has 1 saturated heterocycles. The Morgan fingerprint density at radius 3 is 2.64 bits per heavy atom. The summed E-state index contributed by atoms with van der Waals surface area (Å²) >= 11 is 0. The lowest BCUT2D eigenvalue weighted by molar-refractivity contribution is -0.136. The van der Waals surface area contributed by atoms with Crippen molar-refractivity contribution in [1.82, 2.24) is 14.9 Å². The Balaban J connectivity index is 1.65. The number of ether oxygens (including phenoxy) is 1. The summed E-state index contributed by atoms with van der Waals surface area (Å²) in [6, 6.07) is 5.06. The number of likely N-dealkylation sites (tertiary alicyclic amines) is 1. The third-order valence-electron chi connectivity index (χ3n) is 4.65. The van der Waals surface area contributed by atoms with Crippen molar-refractivity contribution in [3.63, 3.8) is 0 Å². The topological polar surface area (TPSA) is 72.4 Å². The molecule has 132 valence electrons. The minimum absolute atomic E-state index is 0.132. The Morgan fingerprint density at radius 1 is 1.20 bits per heavy atom. The highest BCUT2D eigenvalue weighted by Crippen LogP contribution is 2.17. The van der Waals surface area contributed by atoms with Crippen molar-refractivity contribution >= 4 is 22.9 Å². The quantitative estimate of drug-likeness (QED) is 0.803. The van der Waals surface area contributed by atoms with Crippen molar-refractivity contribution in [2.24, 2.45) is 5.92 Å². The van der Waals surface area contributed by atoms with Gasteiger partial charge in [-0.3, -0.25) is 4.79 Å². The van der Waals surface area contributed by atoms with Gasteiger partial charge in [-0.05, 0) is 50.8 Å². The first-order chi connectivity index (χ1) is 11.9. The molecule has 1 amide bonds. The Bertz CT molecular complexity index is 819. The van der Waals surface area contributed by atoms with Crippen molar-refractivity contribution in [3.05, 3.63) is 35.2 Å². The summed E-state index contributed by atoms with van der Waals surface area (Å²) in [5.41, 5.74) is 3.45. The lowest BCUT2D eigenvalue weighted by atomic mass is 10.0. The Labute approximate surface area is 147 Å². The molecule has 6 heteroatoms. The van der Waals surface area contributed by atoms with Gasteiger partial charge in [0.2, 0.25) is 0 Å². The summed E-state index contributed by atoms with van der Waals surface area (Å²) in [5.74, 6) is -0.147. The second-order valence-electron chi connectivity index (χ2n) is 6.76. The molecular formula is C19H23N3O3. The number of carbonyl (C=O) groups is 2. The van der Waals surface area contributed by atoms with Crippen LogP contribution in [0.1, 0.15) is 41.5 Å². The number of piperidine rings is 1. The minimum atomic E-state index is -0.514. The standard InChI is InChI=1S/C19H23N3O3/c1-12-5-4-8-22(10-12)18(23)11-25-19(24)15-6-7-16-17(9-15)21-14(3)13(2)20-16/h6-7,9,12H,4-5,8,10-11H2,1-3H3/t12-/m1/s1. The molecule has 0 N–H and O–H groups in total. The molecule has 1 aromatic carbocycles. The third-order valence-corrected chi connectivity index (χ3v) is 4.65. The maximum Gasteiger partial charge on any atom is 0.338 e. The molecule has 1 fully saturated rings. The Hall–Kier alpha value is -2.50. The maximum atomic E-state index is 12.3. The number of benzene rings is 1. The molecule has 0 unspecified atom stereocenters. The molecule has 1 atom stereocenters. The van der Waals surface area contributed by atoms with Crippen LogP contribution in [0.25, 0.3) is 11.0 Å². The average Bonchev–Trinajstić information content (AvgIpc) is 2.60. The van der Waals surface area contributed by atoms with Gasteiger partial charge in [-0.15, -0.1) is 0 Å². The van der Waals surface area contributed by atoms with Crippen molar-refractivity contribution in [3.8, 4) is 0 Å². The van der Waals surface area contributed by atoms with E-state index in [-0.39, 0.29) is 12.5 Å². The monoisotopic (exact) mass is 341 g/mol. The van der Waals surface area contributed by atoms with E-state index in [1.165, 1.54) is 0 Å². The van der Waals surface area contributed by atoms with Gasteiger partial charge < -0.3 is 9.64 Å². The van der Waals surface area contributed by atoms with E-state index in [2.05, 4.69) is 16.9 Å². The van der Waals surface area contributed by atoms with Crippen LogP contribution in [0.5, 0.6) is 0 Å². The van der Waals surface area contributed by atoms with Crippen LogP contribution in [-0.2, 0) is 9.53 Å². The maximum absolute atomic E-state index is 12.3. The summed E-state index contributed by atoms with van der Waals surface area (Å²) in [6.07, 6.45) is 2.14. The third kappa shape index (κ3) is 3.95. The molecule has 25 heavy (non-hydrogen) atoms. The molecule has 1 aliphatic heterocycles. The highest BCUT2D eigenvalue weighted by atomic mass is 16.5. The SMILES string of the molecule is Cc1nc2ccc(C(=O)OCC(=O)N3CCC[C@@H](C)C3)cc2nc1C. The molecule has 6 nitrogen and oxygen atoms in total. The van der Waals surface area contributed by atoms with Gasteiger partial charge in [0.15, 0.2) is 6.61 Å². The van der Waals surface area contributed by atoms with Crippen LogP contribution in [0.4, 0.5) is 0 Å². The Morgan fingerprint density at radius 2 is 1.92 bits per heavy atom. The van der Waals surface area contributed by atoms with E-state index >= 15 is 0 Å². The second-order valence-corrected chi connectivity index (χ2v) is 6.76. The van der Waals surface area contributed by atoms with Gasteiger partial charge in [-0.2, -0.15) is 0 Å². The van der Waals surface area contributed by atoms with Crippen LogP contribution in [-0.4, -0.2) is 46.4 Å². The summed E-state index contributed by atoms with van der Waals surface area (Å²) in [7, 11) is 0. The molecule has 0 bridgehead atoms. The molecule has 2 heterocycles. The van der Waals surface area contributed by atoms with Gasteiger partial charge in [0.1, 0.15) is 0 Å². The molecule has 0 saturated carbocycles. The first-order valence-electron chi connectivity index (χ1n) is 8.64. The van der Waals surface area contributed by atoms with Crippen molar-refractivity contribution in [1.29, 1.82) is 0 Å². The Kier molecular flexibility index (Phi) is 4.97. The number of nitrogens with zero attached hydrogens (tertiary/aromatic N) is 3. The van der Waals surface area contributed by atoms with Gasteiger partial charge in [-0.1, -0.05) is 6.92 Å². The van der Waals surface area contributed by atoms with Crippen molar-refractivity contribution < 1.29 is 14.3 Å². The highest BCUT2D eigenvalue weighted by molar-refractivity contribution is 5.94. The van der Waals surface area contributed by atoms with E-state index in [0.29, 0.717) is 17.0 Å². The van der Waals surface area contributed by atoms with E-state index < -0.39 is 5.97 Å². The summed E-state index contributed by atoms with van der Waals surface area (Å²) in [5, 5.41) is 0. The number of fused-ring (bicyclic) bond motifs is 1. The molecular weight excluding hydrogens is 318 g/mol. The molecule has 1 aliphatic rings. The van der Waals surface area contributed by atoms with E-state index in [1.54, 1.807) is 23.1 Å². The number of esters is 1. The number of aryl methyl sites for hydroxylation is 2. The molecule has 0 spiro atoms. The lowest BCUT2D eigenvalue weighted by Crippen LogP contribution is -2.41. The molecule has 1 aromatic heterocycles. The first-order valence-corrected chi connectivity index (χ1v) is 8.64. The zero-order valence-electron chi connectivity index (χ0n) is 14.9. The average molecular weight is 341 g/mol. The van der Waals surface area contributed by atoms with Crippen LogP contribution in [0.2, 0.25) is 0 Å². The van der Waals surface area contributed by atoms with Crippen molar-refractivity contribution in [2.45, 2.75) is 33.6 Å². The second kappa shape index (κ2) is 7.17. The van der Waals surface area contributed by atoms with E-state index in [1.807, 2.05) is 13.8 Å². The first kappa shape index (κ1) is 17.3. The van der Waals surface area contributed by atoms with Crippen molar-refractivity contribution in [2.75, 3.05) is 19.7 Å². The van der Waals surface area contributed by atoms with Crippen LogP contribution >= 0.6 is 0 Å². The molecule has 0 radical (unpaired) electrons. The van der Waals surface area contributed by atoms with Crippen LogP contribution in [0.3, 0.4) is 0 Å². The summed E-state index contributed by atoms with van der Waals surface area (Å²) in [6.45, 7) is 7.17. The zero-order chi connectivity index (χ0) is 18.0. The van der Waals surface area contributed by atoms with Gasteiger partial charge in [-0.25, -0.2) is 14.8 Å². The minimum Gasteiger partial charge on any atom is -0.452 e. The fraction of sp³-hybridized carbons (Fsp3) is 0.474. The largest absolute Gasteiger partial charge is 0.452 e. The van der Waals surface area contributed by atoms with E-state index in [4.69, 9.17) is 4.74 Å². The fourth-order valence-electron chi connectivity index (χ4n) is 3.08. The van der Waals surface area contributed by atoms with Crippen LogP contribution < -0.4 is 0 Å². The fourth-order valence-corrected chi connectivity index (χ4v) is 3.08. The summed E-state index contributed by atoms with van der Waals surface area (Å²) in [4.78, 5) is 35.1. The van der Waals surface area contributed by atoms with E-state index in [0.717, 1.165) is 42.8 Å². The number of carbonyl (C=O) groups excluding carboxylic acids is 2. The normalized spacial score (nSPS) is 17.6. The zero-order valence-corrected chi connectivity index (χ0v) is 14.9. The van der Waals surface area contributed by atoms with E-state index in [9.17, 15) is 9.59 Å². The number of aromatic nitrogens is 2. The van der Waals surface area contributed by atoms with Gasteiger partial charge >= 0.3 is 5.97 Å². The van der Waals surface area contributed by atoms with Gasteiger partial charge in [0.25, 0.3) is 5.91 Å².